The molecule has 1 aromatic carbocycles. The summed E-state index contributed by atoms with van der Waals surface area (Å²) in [6.45, 7) is 2.77. The second-order valence-corrected chi connectivity index (χ2v) is 5.63. The van der Waals surface area contributed by atoms with Crippen LogP contribution in [0.3, 0.4) is 0 Å². The molecule has 1 heterocycles. The van der Waals surface area contributed by atoms with Crippen LogP contribution in [-0.2, 0) is 6.54 Å². The van der Waals surface area contributed by atoms with Crippen LogP contribution in [0.1, 0.15) is 21.5 Å². The fourth-order valence-corrected chi connectivity index (χ4v) is 2.93. The molecule has 0 radical (unpaired) electrons. The molecule has 0 saturated carbocycles. The van der Waals surface area contributed by atoms with Gasteiger partial charge in [0.1, 0.15) is 0 Å². The van der Waals surface area contributed by atoms with Crippen LogP contribution in [-0.4, -0.2) is 11.1 Å². The van der Waals surface area contributed by atoms with Crippen molar-refractivity contribution < 1.29 is 9.90 Å². The third-order valence-corrected chi connectivity index (χ3v) is 3.96. The Balaban J connectivity index is 2.14. The molecule has 0 atom stereocenters. The van der Waals surface area contributed by atoms with E-state index >= 15 is 0 Å². The topological polar surface area (TPSA) is 49.3 Å². The molecule has 2 aromatic rings. The molecule has 5 heteroatoms. The van der Waals surface area contributed by atoms with Gasteiger partial charge in [0.25, 0.3) is 0 Å². The van der Waals surface area contributed by atoms with Crippen LogP contribution in [0.4, 0.5) is 5.69 Å². The minimum absolute atomic E-state index is 0.272. The van der Waals surface area contributed by atoms with Crippen LogP contribution in [0.25, 0.3) is 0 Å². The first-order valence-corrected chi connectivity index (χ1v) is 7.09. The maximum absolute atomic E-state index is 10.9. The van der Waals surface area contributed by atoms with Crippen molar-refractivity contribution in [2.75, 3.05) is 5.32 Å². The monoisotopic (exact) mass is 325 g/mol. The van der Waals surface area contributed by atoms with Gasteiger partial charge in [0, 0.05) is 16.7 Å². The van der Waals surface area contributed by atoms with Gasteiger partial charge in [0.2, 0.25) is 0 Å². The number of carbonyl (C=O) groups is 1. The summed E-state index contributed by atoms with van der Waals surface area (Å²) in [4.78, 5) is 10.9. The maximum atomic E-state index is 10.9. The molecule has 94 valence electrons. The zero-order chi connectivity index (χ0) is 13.1. The van der Waals surface area contributed by atoms with Crippen LogP contribution >= 0.6 is 27.3 Å². The summed E-state index contributed by atoms with van der Waals surface area (Å²) in [5.41, 5.74) is 3.55. The Hall–Kier alpha value is -1.33. The van der Waals surface area contributed by atoms with Gasteiger partial charge in [-0.2, -0.15) is 11.3 Å². The molecule has 0 aliphatic carbocycles. The molecular formula is C13H12BrNO2S. The SMILES string of the molecule is Cc1cscc1CNc1cc(Br)cc(C(=O)O)c1. The maximum Gasteiger partial charge on any atom is 0.335 e. The van der Waals surface area contributed by atoms with Gasteiger partial charge < -0.3 is 10.4 Å². The molecule has 3 nitrogen and oxygen atoms in total. The Morgan fingerprint density at radius 2 is 2.17 bits per heavy atom. The van der Waals surface area contributed by atoms with E-state index in [-0.39, 0.29) is 5.56 Å². The highest BCUT2D eigenvalue weighted by Crippen LogP contribution is 2.21. The average Bonchev–Trinajstić information content (AvgIpc) is 2.71. The first-order valence-electron chi connectivity index (χ1n) is 5.35. The van der Waals surface area contributed by atoms with E-state index in [2.05, 4.69) is 38.9 Å². The van der Waals surface area contributed by atoms with Crippen molar-refractivity contribution in [3.63, 3.8) is 0 Å². The van der Waals surface area contributed by atoms with Gasteiger partial charge >= 0.3 is 5.97 Å². The molecule has 0 amide bonds. The Morgan fingerprint density at radius 3 is 2.78 bits per heavy atom. The van der Waals surface area contributed by atoms with Crippen molar-refractivity contribution in [2.24, 2.45) is 0 Å². The predicted octanol–water partition coefficient (Wildman–Crippen LogP) is 4.13. The van der Waals surface area contributed by atoms with E-state index in [0.29, 0.717) is 6.54 Å². The molecule has 2 rings (SSSR count). The number of aryl methyl sites for hydroxylation is 1. The second kappa shape index (κ2) is 5.54. The van der Waals surface area contributed by atoms with Crippen molar-refractivity contribution >= 4 is 38.9 Å². The number of aromatic carboxylic acids is 1. The van der Waals surface area contributed by atoms with Gasteiger partial charge in [-0.25, -0.2) is 4.79 Å². The lowest BCUT2D eigenvalue weighted by Crippen LogP contribution is -2.02. The quantitative estimate of drug-likeness (QED) is 0.888. The van der Waals surface area contributed by atoms with Crippen molar-refractivity contribution in [3.8, 4) is 0 Å². The van der Waals surface area contributed by atoms with Crippen molar-refractivity contribution in [1.29, 1.82) is 0 Å². The minimum Gasteiger partial charge on any atom is -0.478 e. The first-order chi connectivity index (χ1) is 8.56. The third kappa shape index (κ3) is 3.11. The lowest BCUT2D eigenvalue weighted by molar-refractivity contribution is 0.0697. The van der Waals surface area contributed by atoms with E-state index in [4.69, 9.17) is 5.11 Å². The van der Waals surface area contributed by atoms with Crippen LogP contribution in [0.2, 0.25) is 0 Å². The molecule has 2 N–H and O–H groups in total. The van der Waals surface area contributed by atoms with Gasteiger partial charge in [-0.05, 0) is 47.0 Å². The fraction of sp³-hybridized carbons (Fsp3) is 0.154. The summed E-state index contributed by atoms with van der Waals surface area (Å²) >= 11 is 4.98. The summed E-state index contributed by atoms with van der Waals surface area (Å²) in [7, 11) is 0. The number of thiophene rings is 1. The molecular weight excluding hydrogens is 314 g/mol. The number of nitrogens with one attached hydrogen (secondary N) is 1. The van der Waals surface area contributed by atoms with E-state index in [0.717, 1.165) is 10.2 Å². The van der Waals surface area contributed by atoms with Gasteiger partial charge in [-0.15, -0.1) is 0 Å². The van der Waals surface area contributed by atoms with Crippen molar-refractivity contribution in [2.45, 2.75) is 13.5 Å². The molecule has 0 bridgehead atoms. The number of carboxylic acid groups (broad SMARTS) is 1. The van der Waals surface area contributed by atoms with Crippen LogP contribution in [0, 0.1) is 6.92 Å². The normalized spacial score (nSPS) is 10.3. The zero-order valence-electron chi connectivity index (χ0n) is 9.74. The largest absolute Gasteiger partial charge is 0.478 e. The Labute approximate surface area is 118 Å². The second-order valence-electron chi connectivity index (χ2n) is 3.97. The van der Waals surface area contributed by atoms with Crippen LogP contribution < -0.4 is 5.32 Å². The lowest BCUT2D eigenvalue weighted by atomic mass is 10.2. The number of anilines is 1. The Kier molecular flexibility index (Phi) is 4.04. The number of halogens is 1. The lowest BCUT2D eigenvalue weighted by Gasteiger charge is -2.08. The number of hydrogen-bond acceptors (Lipinski definition) is 3. The van der Waals surface area contributed by atoms with Crippen molar-refractivity contribution in [3.05, 3.63) is 50.1 Å². The Bertz CT molecular complexity index is 580. The standard InChI is InChI=1S/C13H12BrNO2S/c1-8-6-18-7-10(8)5-15-12-3-9(13(16)17)2-11(14)4-12/h2-4,6-7,15H,5H2,1H3,(H,16,17). The summed E-state index contributed by atoms with van der Waals surface area (Å²) in [5.74, 6) is -0.925. The smallest absolute Gasteiger partial charge is 0.335 e. The highest BCUT2D eigenvalue weighted by Gasteiger charge is 2.06. The molecule has 0 spiro atoms. The van der Waals surface area contributed by atoms with Gasteiger partial charge in [-0.3, -0.25) is 0 Å². The van der Waals surface area contributed by atoms with Crippen LogP contribution in [0.15, 0.2) is 33.4 Å². The third-order valence-electron chi connectivity index (χ3n) is 2.59. The van der Waals surface area contributed by atoms with E-state index in [1.54, 1.807) is 23.5 Å². The number of carboxylic acids is 1. The zero-order valence-corrected chi connectivity index (χ0v) is 12.1. The van der Waals surface area contributed by atoms with E-state index in [1.165, 1.54) is 11.1 Å². The molecule has 18 heavy (non-hydrogen) atoms. The summed E-state index contributed by atoms with van der Waals surface area (Å²) in [6.07, 6.45) is 0. The van der Waals surface area contributed by atoms with E-state index in [1.807, 2.05) is 6.07 Å². The van der Waals surface area contributed by atoms with E-state index < -0.39 is 5.97 Å². The molecule has 0 unspecified atom stereocenters. The molecule has 0 fully saturated rings. The van der Waals surface area contributed by atoms with Gasteiger partial charge in [0.05, 0.1) is 5.56 Å². The van der Waals surface area contributed by atoms with Gasteiger partial charge in [-0.1, -0.05) is 15.9 Å². The highest BCUT2D eigenvalue weighted by molar-refractivity contribution is 9.10. The number of rotatable bonds is 4. The summed E-state index contributed by atoms with van der Waals surface area (Å²) in [6, 6.07) is 5.09. The van der Waals surface area contributed by atoms with Crippen LogP contribution in [0.5, 0.6) is 0 Å². The van der Waals surface area contributed by atoms with E-state index in [9.17, 15) is 4.79 Å². The number of hydrogen-bond donors (Lipinski definition) is 2. The summed E-state index contributed by atoms with van der Waals surface area (Å²) in [5, 5.41) is 16.4. The molecule has 0 aliphatic heterocycles. The summed E-state index contributed by atoms with van der Waals surface area (Å²) < 4.78 is 0.756. The van der Waals surface area contributed by atoms with Gasteiger partial charge in [0.15, 0.2) is 0 Å². The molecule has 1 aromatic heterocycles. The highest BCUT2D eigenvalue weighted by atomic mass is 79.9. The molecule has 0 saturated heterocycles. The number of benzene rings is 1. The fourth-order valence-electron chi connectivity index (χ4n) is 1.58. The van der Waals surface area contributed by atoms with Crippen molar-refractivity contribution in [1.82, 2.24) is 0 Å². The average molecular weight is 326 g/mol. The first kappa shape index (κ1) is 13.1. The minimum atomic E-state index is -0.925. The predicted molar refractivity (Wildman–Crippen MR) is 77.5 cm³/mol. The Morgan fingerprint density at radius 1 is 1.39 bits per heavy atom. The molecule has 0 aliphatic rings.